The number of amides is 1. The molecule has 4 rings (SSSR count). The first-order chi connectivity index (χ1) is 12.6. The first-order valence-electron chi connectivity index (χ1n) is 9.21. The summed E-state index contributed by atoms with van der Waals surface area (Å²) in [5.74, 6) is -0.101. The number of likely N-dealkylation sites (tertiary alicyclic amines) is 1. The van der Waals surface area contributed by atoms with Gasteiger partial charge in [0, 0.05) is 13.1 Å². The average molecular weight is 359 g/mol. The minimum atomic E-state index is -1.03. The highest BCUT2D eigenvalue weighted by molar-refractivity contribution is 5.77. The van der Waals surface area contributed by atoms with E-state index in [-0.39, 0.29) is 25.6 Å². The lowest BCUT2D eigenvalue weighted by molar-refractivity contribution is -0.135. The summed E-state index contributed by atoms with van der Waals surface area (Å²) >= 11 is 0. The Kier molecular flexibility index (Phi) is 4.88. The molecular weight excluding hydrogens is 334 g/mol. The standard InChI is InChI=1S/C18H25N5O3/c24-17(11-23-19-15-5-1-2-6-16(15)20-23)22-9-10-26-14-18(25,13-22)12-21-7-3-4-8-21/h1-2,5-6,25H,3-4,7-14H2/t18-/m1/s1. The van der Waals surface area contributed by atoms with E-state index >= 15 is 0 Å². The van der Waals surface area contributed by atoms with Gasteiger partial charge in [-0.15, -0.1) is 0 Å². The fraction of sp³-hybridized carbons (Fsp3) is 0.611. The van der Waals surface area contributed by atoms with Crippen molar-refractivity contribution >= 4 is 16.9 Å². The van der Waals surface area contributed by atoms with Gasteiger partial charge in [0.1, 0.15) is 23.2 Å². The van der Waals surface area contributed by atoms with Crippen LogP contribution in [0.1, 0.15) is 12.8 Å². The molecule has 1 aromatic carbocycles. The lowest BCUT2D eigenvalue weighted by Crippen LogP contribution is -2.53. The Morgan fingerprint density at radius 3 is 2.54 bits per heavy atom. The van der Waals surface area contributed by atoms with Gasteiger partial charge in [0.05, 0.1) is 19.8 Å². The third-order valence-corrected chi connectivity index (χ3v) is 5.04. The van der Waals surface area contributed by atoms with Crippen molar-refractivity contribution in [3.05, 3.63) is 24.3 Å². The van der Waals surface area contributed by atoms with E-state index in [2.05, 4.69) is 15.1 Å². The molecule has 3 heterocycles. The molecule has 2 aromatic rings. The topological polar surface area (TPSA) is 83.7 Å². The maximum Gasteiger partial charge on any atom is 0.246 e. The number of aliphatic hydroxyl groups is 1. The first-order valence-corrected chi connectivity index (χ1v) is 9.21. The van der Waals surface area contributed by atoms with Gasteiger partial charge in [-0.25, -0.2) is 0 Å². The highest BCUT2D eigenvalue weighted by atomic mass is 16.5. The van der Waals surface area contributed by atoms with Crippen molar-refractivity contribution in [1.29, 1.82) is 0 Å². The Hall–Kier alpha value is -2.03. The summed E-state index contributed by atoms with van der Waals surface area (Å²) in [7, 11) is 0. The van der Waals surface area contributed by atoms with Gasteiger partial charge in [-0.2, -0.15) is 15.0 Å². The van der Waals surface area contributed by atoms with Crippen molar-refractivity contribution in [3.63, 3.8) is 0 Å². The molecule has 1 N–H and O–H groups in total. The fourth-order valence-corrected chi connectivity index (χ4v) is 3.78. The zero-order chi connectivity index (χ0) is 18.0. The maximum atomic E-state index is 12.8. The quantitative estimate of drug-likeness (QED) is 0.835. The molecule has 0 unspecified atom stereocenters. The Morgan fingerprint density at radius 1 is 1.15 bits per heavy atom. The van der Waals surface area contributed by atoms with Crippen molar-refractivity contribution in [2.45, 2.75) is 25.0 Å². The summed E-state index contributed by atoms with van der Waals surface area (Å²) in [5, 5.41) is 19.7. The zero-order valence-corrected chi connectivity index (χ0v) is 14.9. The second-order valence-electron chi connectivity index (χ2n) is 7.29. The lowest BCUT2D eigenvalue weighted by Gasteiger charge is -2.33. The van der Waals surface area contributed by atoms with Gasteiger partial charge in [-0.05, 0) is 38.1 Å². The molecule has 0 aliphatic carbocycles. The number of carbonyl (C=O) groups excluding carboxylic acids is 1. The summed E-state index contributed by atoms with van der Waals surface area (Å²) < 4.78 is 5.59. The third-order valence-electron chi connectivity index (χ3n) is 5.04. The van der Waals surface area contributed by atoms with Crippen molar-refractivity contribution < 1.29 is 14.6 Å². The number of nitrogens with zero attached hydrogens (tertiary/aromatic N) is 5. The van der Waals surface area contributed by atoms with Crippen molar-refractivity contribution in [1.82, 2.24) is 24.8 Å². The number of aromatic nitrogens is 3. The normalized spacial score (nSPS) is 24.9. The molecule has 140 valence electrons. The molecule has 8 nitrogen and oxygen atoms in total. The van der Waals surface area contributed by atoms with Gasteiger partial charge >= 0.3 is 0 Å². The van der Waals surface area contributed by atoms with Gasteiger partial charge in [0.25, 0.3) is 0 Å². The molecule has 0 radical (unpaired) electrons. The van der Waals surface area contributed by atoms with Crippen LogP contribution in [0.15, 0.2) is 24.3 Å². The fourth-order valence-electron chi connectivity index (χ4n) is 3.78. The first kappa shape index (κ1) is 17.4. The van der Waals surface area contributed by atoms with Crippen LogP contribution in [-0.2, 0) is 16.1 Å². The van der Waals surface area contributed by atoms with E-state index in [0.717, 1.165) is 37.0 Å². The Balaban J connectivity index is 1.43. The second-order valence-corrected chi connectivity index (χ2v) is 7.29. The van der Waals surface area contributed by atoms with E-state index in [4.69, 9.17) is 4.74 Å². The Morgan fingerprint density at radius 2 is 1.85 bits per heavy atom. The van der Waals surface area contributed by atoms with Gasteiger partial charge in [-0.1, -0.05) is 12.1 Å². The Bertz CT molecular complexity index is 740. The molecule has 1 atom stereocenters. The number of rotatable bonds is 4. The van der Waals surface area contributed by atoms with Crippen LogP contribution < -0.4 is 0 Å². The highest BCUT2D eigenvalue weighted by Crippen LogP contribution is 2.18. The van der Waals surface area contributed by atoms with Gasteiger partial charge in [0.15, 0.2) is 0 Å². The Labute approximate surface area is 152 Å². The number of benzene rings is 1. The van der Waals surface area contributed by atoms with E-state index in [1.165, 1.54) is 4.80 Å². The smallest absolute Gasteiger partial charge is 0.246 e. The van der Waals surface area contributed by atoms with Crippen molar-refractivity contribution in [2.24, 2.45) is 0 Å². The lowest BCUT2D eigenvalue weighted by atomic mass is 10.0. The number of β-amino-alcohol motifs (C(OH)–C–C–N with tert-alkyl or cyclic N) is 1. The van der Waals surface area contributed by atoms with Crippen LogP contribution in [0.5, 0.6) is 0 Å². The molecule has 0 bridgehead atoms. The monoisotopic (exact) mass is 359 g/mol. The molecule has 1 aromatic heterocycles. The summed E-state index contributed by atoms with van der Waals surface area (Å²) in [5.41, 5.74) is 0.508. The number of hydrogen-bond acceptors (Lipinski definition) is 6. The van der Waals surface area contributed by atoms with Crippen LogP contribution in [0.25, 0.3) is 11.0 Å². The van der Waals surface area contributed by atoms with Crippen LogP contribution in [-0.4, -0.2) is 87.3 Å². The highest BCUT2D eigenvalue weighted by Gasteiger charge is 2.36. The molecule has 1 amide bonds. The summed E-state index contributed by atoms with van der Waals surface area (Å²) in [6, 6.07) is 7.54. The molecule has 0 spiro atoms. The summed E-state index contributed by atoms with van der Waals surface area (Å²) in [4.78, 5) is 18.1. The molecule has 2 aliphatic heterocycles. The minimum Gasteiger partial charge on any atom is -0.384 e. The maximum absolute atomic E-state index is 12.8. The van der Waals surface area contributed by atoms with Crippen molar-refractivity contribution in [2.75, 3.05) is 45.9 Å². The summed E-state index contributed by atoms with van der Waals surface area (Å²) in [6.07, 6.45) is 2.33. The van der Waals surface area contributed by atoms with Gasteiger partial charge in [0.2, 0.25) is 5.91 Å². The SMILES string of the molecule is O=C(Cn1nc2ccccc2n1)N1CCOC[C@@](O)(CN2CCCC2)C1. The number of fused-ring (bicyclic) bond motifs is 1. The number of hydrogen-bond donors (Lipinski definition) is 1. The molecule has 26 heavy (non-hydrogen) atoms. The van der Waals surface area contributed by atoms with Gasteiger partial charge < -0.3 is 19.6 Å². The van der Waals surface area contributed by atoms with E-state index in [0.29, 0.717) is 19.7 Å². The molecule has 2 fully saturated rings. The molecule has 8 heteroatoms. The predicted molar refractivity (Wildman–Crippen MR) is 95.6 cm³/mol. The number of ether oxygens (including phenoxy) is 1. The molecular formula is C18H25N5O3. The number of carbonyl (C=O) groups is 1. The van der Waals surface area contributed by atoms with E-state index < -0.39 is 5.60 Å². The predicted octanol–water partition coefficient (Wildman–Crippen LogP) is 0.117. The largest absolute Gasteiger partial charge is 0.384 e. The van der Waals surface area contributed by atoms with E-state index in [9.17, 15) is 9.90 Å². The van der Waals surface area contributed by atoms with E-state index in [1.54, 1.807) is 4.90 Å². The van der Waals surface area contributed by atoms with Crippen LogP contribution in [0.4, 0.5) is 0 Å². The van der Waals surface area contributed by atoms with Crippen LogP contribution >= 0.6 is 0 Å². The second kappa shape index (κ2) is 7.30. The molecule has 2 aliphatic rings. The van der Waals surface area contributed by atoms with Gasteiger partial charge in [-0.3, -0.25) is 4.79 Å². The third kappa shape index (κ3) is 3.87. The van der Waals surface area contributed by atoms with Crippen LogP contribution in [0.3, 0.4) is 0 Å². The van der Waals surface area contributed by atoms with Crippen LogP contribution in [0.2, 0.25) is 0 Å². The molecule has 0 saturated carbocycles. The zero-order valence-electron chi connectivity index (χ0n) is 14.9. The molecule has 2 saturated heterocycles. The average Bonchev–Trinajstić information content (AvgIpc) is 3.21. The van der Waals surface area contributed by atoms with Crippen molar-refractivity contribution in [3.8, 4) is 0 Å². The van der Waals surface area contributed by atoms with Crippen LogP contribution in [0, 0.1) is 0 Å². The summed E-state index contributed by atoms with van der Waals surface area (Å²) in [6.45, 7) is 4.06. The van der Waals surface area contributed by atoms with E-state index in [1.807, 2.05) is 24.3 Å². The minimum absolute atomic E-state index is 0.0640.